The Balaban J connectivity index is 1.05. The summed E-state index contributed by atoms with van der Waals surface area (Å²) >= 11 is 1.81. The number of benzene rings is 6. The Bertz CT molecular complexity index is 2840. The molecular weight excluding hydrogens is 645 g/mol. The van der Waals surface area contributed by atoms with Gasteiger partial charge in [0.15, 0.2) is 17.5 Å². The van der Waals surface area contributed by atoms with Crippen LogP contribution in [0, 0.1) is 0 Å². The fraction of sp³-hybridized carbons (Fsp3) is 0.0444. The number of anilines is 2. The summed E-state index contributed by atoms with van der Waals surface area (Å²) < 4.78 is 9.17. The highest BCUT2D eigenvalue weighted by Gasteiger charge is 2.43. The lowest BCUT2D eigenvalue weighted by molar-refractivity contribution is 0.584. The summed E-state index contributed by atoms with van der Waals surface area (Å²) in [5.74, 6) is 2.94. The van der Waals surface area contributed by atoms with E-state index in [9.17, 15) is 0 Å². The van der Waals surface area contributed by atoms with Crippen molar-refractivity contribution in [1.29, 1.82) is 0 Å². The van der Waals surface area contributed by atoms with E-state index in [0.717, 1.165) is 33.4 Å². The molecule has 240 valence electrons. The first kappa shape index (κ1) is 28.5. The van der Waals surface area contributed by atoms with Crippen LogP contribution in [0.2, 0.25) is 0 Å². The van der Waals surface area contributed by atoms with Gasteiger partial charge in [-0.2, -0.15) is 0 Å². The van der Waals surface area contributed by atoms with Crippen molar-refractivity contribution in [2.45, 2.75) is 12.0 Å². The minimum absolute atomic E-state index is 0.144. The third kappa shape index (κ3) is 4.43. The molecule has 0 spiro atoms. The lowest BCUT2D eigenvalue weighted by atomic mass is 9.82. The number of thiophene rings is 1. The lowest BCUT2D eigenvalue weighted by Gasteiger charge is -2.30. The highest BCUT2D eigenvalue weighted by atomic mass is 32.1. The fourth-order valence-electron chi connectivity index (χ4n) is 8.01. The van der Waals surface area contributed by atoms with E-state index < -0.39 is 0 Å². The van der Waals surface area contributed by atoms with E-state index in [0.29, 0.717) is 17.5 Å². The molecular formula is C45H28N4OS. The maximum Gasteiger partial charge on any atom is 0.164 e. The molecule has 2 aliphatic rings. The summed E-state index contributed by atoms with van der Waals surface area (Å²) in [6.45, 7) is 0. The molecule has 0 bridgehead atoms. The van der Waals surface area contributed by atoms with Crippen LogP contribution in [0.5, 0.6) is 0 Å². The summed E-state index contributed by atoms with van der Waals surface area (Å²) in [6, 6.07) is 51.2. The van der Waals surface area contributed by atoms with E-state index >= 15 is 0 Å². The topological polar surface area (TPSA) is 55.1 Å². The highest BCUT2D eigenvalue weighted by Crippen LogP contribution is 2.53. The van der Waals surface area contributed by atoms with Crippen LogP contribution >= 0.6 is 11.3 Å². The van der Waals surface area contributed by atoms with Gasteiger partial charge < -0.3 is 9.32 Å². The Hall–Kier alpha value is -6.37. The van der Waals surface area contributed by atoms with Crippen molar-refractivity contribution in [3.8, 4) is 34.2 Å². The Morgan fingerprint density at radius 3 is 2.06 bits per heavy atom. The molecule has 11 rings (SSSR count). The van der Waals surface area contributed by atoms with Gasteiger partial charge in [0.1, 0.15) is 11.3 Å². The molecule has 5 nitrogen and oxygen atoms in total. The Labute approximate surface area is 297 Å². The SMILES string of the molecule is C1=CC2C(c3ccccc3N2c2ccccc2)c2c1oc1cc(-c3nc(-c4ccccc4)nc(-c4ccc5sc6ccccc6c5c4)n3)ccc21. The van der Waals surface area contributed by atoms with E-state index in [2.05, 4.69) is 132 Å². The van der Waals surface area contributed by atoms with Crippen molar-refractivity contribution in [2.75, 3.05) is 4.90 Å². The first-order valence-corrected chi connectivity index (χ1v) is 18.0. The number of nitrogens with zero attached hydrogens (tertiary/aromatic N) is 4. The molecule has 6 aromatic carbocycles. The fourth-order valence-corrected chi connectivity index (χ4v) is 9.09. The monoisotopic (exact) mass is 672 g/mol. The van der Waals surface area contributed by atoms with E-state index in [1.807, 2.05) is 41.7 Å². The van der Waals surface area contributed by atoms with Crippen molar-refractivity contribution >= 4 is 59.9 Å². The van der Waals surface area contributed by atoms with Gasteiger partial charge in [-0.25, -0.2) is 15.0 Å². The van der Waals surface area contributed by atoms with Crippen molar-refractivity contribution in [3.05, 3.63) is 169 Å². The van der Waals surface area contributed by atoms with Crippen LogP contribution in [0.3, 0.4) is 0 Å². The van der Waals surface area contributed by atoms with E-state index in [4.69, 9.17) is 19.4 Å². The Kier molecular flexibility index (Phi) is 6.18. The van der Waals surface area contributed by atoms with Gasteiger partial charge in [0.05, 0.1) is 6.04 Å². The average molecular weight is 673 g/mol. The number of fused-ring (bicyclic) bond motifs is 10. The third-order valence-electron chi connectivity index (χ3n) is 10.3. The quantitative estimate of drug-likeness (QED) is 0.186. The Morgan fingerprint density at radius 1 is 0.549 bits per heavy atom. The lowest BCUT2D eigenvalue weighted by Crippen LogP contribution is -2.30. The number of hydrogen-bond donors (Lipinski definition) is 0. The molecule has 0 radical (unpaired) electrons. The molecule has 51 heavy (non-hydrogen) atoms. The molecule has 4 heterocycles. The summed E-state index contributed by atoms with van der Waals surface area (Å²) in [5, 5.41) is 3.58. The zero-order chi connectivity index (χ0) is 33.5. The number of rotatable bonds is 4. The normalized spacial score (nSPS) is 16.1. The predicted molar refractivity (Wildman–Crippen MR) is 208 cm³/mol. The van der Waals surface area contributed by atoms with Gasteiger partial charge in [-0.15, -0.1) is 11.3 Å². The molecule has 0 N–H and O–H groups in total. The summed E-state index contributed by atoms with van der Waals surface area (Å²) in [5.41, 5.74) is 8.58. The molecule has 0 saturated heterocycles. The molecule has 3 aromatic heterocycles. The van der Waals surface area contributed by atoms with Crippen LogP contribution in [-0.4, -0.2) is 21.0 Å². The summed E-state index contributed by atoms with van der Waals surface area (Å²) in [7, 11) is 0. The molecule has 9 aromatic rings. The molecule has 0 saturated carbocycles. The van der Waals surface area contributed by atoms with Crippen LogP contribution in [0.1, 0.15) is 22.8 Å². The minimum atomic E-state index is 0.144. The molecule has 0 fully saturated rings. The standard InChI is InChI=1S/C45H28N4OS/c1-3-11-27(12-4-1)43-46-44(28-20-24-40-34(25-28)31-15-8-10-18-39(31)51-40)48-45(47-43)29-19-21-33-38(26-29)50-37-23-22-36-41(42(33)37)32-16-7-9-17-35(32)49(36)30-13-5-2-6-14-30/h1-26,36,41H. The smallest absolute Gasteiger partial charge is 0.164 e. The average Bonchev–Trinajstić information content (AvgIpc) is 3.87. The molecule has 0 amide bonds. The van der Waals surface area contributed by atoms with Crippen molar-refractivity contribution < 1.29 is 4.42 Å². The minimum Gasteiger partial charge on any atom is -0.456 e. The van der Waals surface area contributed by atoms with Crippen LogP contribution < -0.4 is 4.90 Å². The second kappa shape index (κ2) is 11.1. The molecule has 2 atom stereocenters. The summed E-state index contributed by atoms with van der Waals surface area (Å²) in [4.78, 5) is 17.6. The van der Waals surface area contributed by atoms with Gasteiger partial charge in [-0.05, 0) is 60.2 Å². The number of para-hydroxylation sites is 2. The van der Waals surface area contributed by atoms with Gasteiger partial charge in [0.2, 0.25) is 0 Å². The van der Waals surface area contributed by atoms with Crippen LogP contribution in [0.25, 0.3) is 71.4 Å². The van der Waals surface area contributed by atoms with Crippen LogP contribution in [0.15, 0.2) is 156 Å². The molecule has 2 unspecified atom stereocenters. The third-order valence-corrected chi connectivity index (χ3v) is 11.4. The van der Waals surface area contributed by atoms with E-state index in [-0.39, 0.29) is 12.0 Å². The van der Waals surface area contributed by atoms with Gasteiger partial charge in [0, 0.05) is 65.1 Å². The van der Waals surface area contributed by atoms with Crippen molar-refractivity contribution in [1.82, 2.24) is 15.0 Å². The summed E-state index contributed by atoms with van der Waals surface area (Å²) in [6.07, 6.45) is 4.44. The second-order valence-electron chi connectivity index (χ2n) is 13.2. The molecule has 1 aliphatic carbocycles. The Morgan fingerprint density at radius 2 is 1.22 bits per heavy atom. The van der Waals surface area contributed by atoms with Crippen molar-refractivity contribution in [2.24, 2.45) is 0 Å². The van der Waals surface area contributed by atoms with E-state index in [1.54, 1.807) is 0 Å². The number of aromatic nitrogens is 3. The van der Waals surface area contributed by atoms with Gasteiger partial charge in [0.25, 0.3) is 0 Å². The number of furan rings is 1. The zero-order valence-corrected chi connectivity index (χ0v) is 28.1. The zero-order valence-electron chi connectivity index (χ0n) is 27.3. The highest BCUT2D eigenvalue weighted by molar-refractivity contribution is 7.25. The van der Waals surface area contributed by atoms with Crippen LogP contribution in [0.4, 0.5) is 11.4 Å². The van der Waals surface area contributed by atoms with Gasteiger partial charge >= 0.3 is 0 Å². The van der Waals surface area contributed by atoms with Gasteiger partial charge in [-0.1, -0.05) is 103 Å². The molecule has 1 aliphatic heterocycles. The largest absolute Gasteiger partial charge is 0.456 e. The van der Waals surface area contributed by atoms with Crippen LogP contribution in [-0.2, 0) is 0 Å². The predicted octanol–water partition coefficient (Wildman–Crippen LogP) is 11.7. The maximum absolute atomic E-state index is 6.65. The number of hydrogen-bond acceptors (Lipinski definition) is 6. The molecule has 6 heteroatoms. The van der Waals surface area contributed by atoms with Crippen molar-refractivity contribution in [3.63, 3.8) is 0 Å². The van der Waals surface area contributed by atoms with Gasteiger partial charge in [-0.3, -0.25) is 0 Å². The first-order chi connectivity index (χ1) is 25.3. The first-order valence-electron chi connectivity index (χ1n) is 17.2. The van der Waals surface area contributed by atoms with E-state index in [1.165, 1.54) is 42.7 Å². The second-order valence-corrected chi connectivity index (χ2v) is 14.2. The maximum atomic E-state index is 6.65.